The molecule has 1 aliphatic heterocycles. The summed E-state index contributed by atoms with van der Waals surface area (Å²) < 4.78 is 0. The van der Waals surface area contributed by atoms with E-state index in [0.717, 1.165) is 25.2 Å². The van der Waals surface area contributed by atoms with Crippen molar-refractivity contribution in [1.82, 2.24) is 4.90 Å². The fraction of sp³-hybridized carbons (Fsp3) is 0.571. The van der Waals surface area contributed by atoms with E-state index in [-0.39, 0.29) is 5.75 Å². The Kier molecular flexibility index (Phi) is 5.16. The van der Waals surface area contributed by atoms with Gasteiger partial charge in [-0.2, -0.15) is 0 Å². The first-order valence-corrected chi connectivity index (χ1v) is 7.31. The van der Waals surface area contributed by atoms with E-state index in [1.807, 2.05) is 6.07 Å². The molecular weight excluding hydrogens is 269 g/mol. The maximum Gasteiger partial charge on any atom is 0.138 e. The van der Waals surface area contributed by atoms with E-state index >= 15 is 0 Å². The standard InChI is InChI=1S/C14H19Cl2NO/c15-12-8-11(14(18)13(16)9-12)10-17-6-4-2-1-3-5-7-17/h8-9,18H,1-7,10H2. The number of aromatic hydroxyl groups is 1. The van der Waals surface area contributed by atoms with E-state index in [1.165, 1.54) is 32.1 Å². The van der Waals surface area contributed by atoms with Crippen molar-refractivity contribution >= 4 is 23.2 Å². The van der Waals surface area contributed by atoms with Crippen LogP contribution in [0, 0.1) is 0 Å². The van der Waals surface area contributed by atoms with Gasteiger partial charge in [-0.15, -0.1) is 0 Å². The van der Waals surface area contributed by atoms with E-state index in [2.05, 4.69) is 4.90 Å². The molecule has 0 spiro atoms. The number of rotatable bonds is 2. The van der Waals surface area contributed by atoms with Crippen molar-refractivity contribution in [3.63, 3.8) is 0 Å². The van der Waals surface area contributed by atoms with Crippen molar-refractivity contribution in [2.45, 2.75) is 38.6 Å². The van der Waals surface area contributed by atoms with Crippen molar-refractivity contribution in [2.75, 3.05) is 13.1 Å². The minimum atomic E-state index is 0.170. The summed E-state index contributed by atoms with van der Waals surface area (Å²) in [6, 6.07) is 3.39. The second-order valence-corrected chi connectivity index (χ2v) is 5.78. The second kappa shape index (κ2) is 6.65. The van der Waals surface area contributed by atoms with Gasteiger partial charge in [0.15, 0.2) is 0 Å². The first-order valence-electron chi connectivity index (χ1n) is 6.56. The summed E-state index contributed by atoms with van der Waals surface area (Å²) in [4.78, 5) is 2.38. The highest BCUT2D eigenvalue weighted by molar-refractivity contribution is 6.35. The van der Waals surface area contributed by atoms with Crippen molar-refractivity contribution < 1.29 is 5.11 Å². The summed E-state index contributed by atoms with van der Waals surface area (Å²) in [5.41, 5.74) is 0.827. The van der Waals surface area contributed by atoms with Gasteiger partial charge in [-0.3, -0.25) is 4.90 Å². The number of halogens is 2. The van der Waals surface area contributed by atoms with Gasteiger partial charge >= 0.3 is 0 Å². The number of nitrogens with zero attached hydrogens (tertiary/aromatic N) is 1. The molecule has 1 aromatic carbocycles. The van der Waals surface area contributed by atoms with Gasteiger partial charge in [-0.25, -0.2) is 0 Å². The fourth-order valence-electron chi connectivity index (χ4n) is 2.45. The summed E-state index contributed by atoms with van der Waals surface area (Å²) in [5, 5.41) is 10.9. The van der Waals surface area contributed by atoms with E-state index in [1.54, 1.807) is 6.07 Å². The molecule has 18 heavy (non-hydrogen) atoms. The molecule has 0 aliphatic carbocycles. The van der Waals surface area contributed by atoms with Gasteiger partial charge in [0.1, 0.15) is 5.75 Å². The second-order valence-electron chi connectivity index (χ2n) is 4.94. The summed E-state index contributed by atoms with van der Waals surface area (Å²) in [6.45, 7) is 2.90. The van der Waals surface area contributed by atoms with Crippen LogP contribution in [0.2, 0.25) is 10.0 Å². The Balaban J connectivity index is 2.07. The molecule has 1 heterocycles. The summed E-state index contributed by atoms with van der Waals surface area (Å²) >= 11 is 11.9. The Hall–Kier alpha value is -0.440. The van der Waals surface area contributed by atoms with Crippen molar-refractivity contribution in [2.24, 2.45) is 0 Å². The smallest absolute Gasteiger partial charge is 0.138 e. The molecular formula is C14H19Cl2NO. The van der Waals surface area contributed by atoms with Gasteiger partial charge in [0.25, 0.3) is 0 Å². The van der Waals surface area contributed by atoms with Gasteiger partial charge < -0.3 is 5.11 Å². The average molecular weight is 288 g/mol. The number of likely N-dealkylation sites (tertiary alicyclic amines) is 1. The fourth-order valence-corrected chi connectivity index (χ4v) is 2.99. The lowest BCUT2D eigenvalue weighted by Gasteiger charge is -2.25. The van der Waals surface area contributed by atoms with Crippen LogP contribution in [0.25, 0.3) is 0 Å². The summed E-state index contributed by atoms with van der Waals surface area (Å²) in [6.07, 6.45) is 6.42. The van der Waals surface area contributed by atoms with Crippen molar-refractivity contribution in [1.29, 1.82) is 0 Å². The first-order chi connectivity index (χ1) is 8.66. The van der Waals surface area contributed by atoms with Crippen LogP contribution in [-0.4, -0.2) is 23.1 Å². The summed E-state index contributed by atoms with van der Waals surface area (Å²) in [7, 11) is 0. The predicted molar refractivity (Wildman–Crippen MR) is 76.5 cm³/mol. The molecule has 0 unspecified atom stereocenters. The molecule has 0 amide bonds. The highest BCUT2D eigenvalue weighted by Crippen LogP contribution is 2.32. The van der Waals surface area contributed by atoms with Crippen LogP contribution in [0.4, 0.5) is 0 Å². The van der Waals surface area contributed by atoms with E-state index in [9.17, 15) is 5.11 Å². The SMILES string of the molecule is Oc1c(Cl)cc(Cl)cc1CN1CCCCCCC1. The zero-order chi connectivity index (χ0) is 13.0. The van der Waals surface area contributed by atoms with Crippen LogP contribution < -0.4 is 0 Å². The molecule has 0 aromatic heterocycles. The molecule has 2 rings (SSSR count). The Morgan fingerprint density at radius 1 is 1.00 bits per heavy atom. The Bertz CT molecular complexity index is 401. The molecule has 1 fully saturated rings. The molecule has 1 aliphatic rings. The van der Waals surface area contributed by atoms with Gasteiger partial charge in [0, 0.05) is 17.1 Å². The molecule has 100 valence electrons. The number of hydrogen-bond acceptors (Lipinski definition) is 2. The van der Waals surface area contributed by atoms with Crippen molar-refractivity contribution in [3.8, 4) is 5.75 Å². The molecule has 0 saturated carbocycles. The Morgan fingerprint density at radius 3 is 2.28 bits per heavy atom. The third-order valence-corrected chi connectivity index (χ3v) is 3.96. The molecule has 1 N–H and O–H groups in total. The minimum absolute atomic E-state index is 0.170. The van der Waals surface area contributed by atoms with Crippen LogP contribution in [-0.2, 0) is 6.54 Å². The molecule has 1 saturated heterocycles. The van der Waals surface area contributed by atoms with Gasteiger partial charge in [-0.1, -0.05) is 42.5 Å². The molecule has 0 atom stereocenters. The average Bonchev–Trinajstić information content (AvgIpc) is 2.28. The molecule has 2 nitrogen and oxygen atoms in total. The van der Waals surface area contributed by atoms with Crippen LogP contribution >= 0.6 is 23.2 Å². The Labute approximate surface area is 119 Å². The van der Waals surface area contributed by atoms with Gasteiger partial charge in [0.05, 0.1) is 5.02 Å². The zero-order valence-electron chi connectivity index (χ0n) is 10.5. The molecule has 0 bridgehead atoms. The number of phenolic OH excluding ortho intramolecular Hbond substituents is 1. The number of hydrogen-bond donors (Lipinski definition) is 1. The number of phenols is 1. The van der Waals surface area contributed by atoms with E-state index < -0.39 is 0 Å². The lowest BCUT2D eigenvalue weighted by atomic mass is 10.1. The maximum atomic E-state index is 9.96. The molecule has 0 radical (unpaired) electrons. The van der Waals surface area contributed by atoms with E-state index in [0.29, 0.717) is 10.0 Å². The predicted octanol–water partition coefficient (Wildman–Crippen LogP) is 4.47. The largest absolute Gasteiger partial charge is 0.506 e. The van der Waals surface area contributed by atoms with Crippen LogP contribution in [0.5, 0.6) is 5.75 Å². The normalized spacial score (nSPS) is 18.3. The monoisotopic (exact) mass is 287 g/mol. The molecule has 4 heteroatoms. The maximum absolute atomic E-state index is 9.96. The topological polar surface area (TPSA) is 23.5 Å². The minimum Gasteiger partial charge on any atom is -0.506 e. The van der Waals surface area contributed by atoms with Crippen LogP contribution in [0.1, 0.15) is 37.7 Å². The van der Waals surface area contributed by atoms with Gasteiger partial charge in [0.2, 0.25) is 0 Å². The molecule has 1 aromatic rings. The highest BCUT2D eigenvalue weighted by Gasteiger charge is 2.13. The lowest BCUT2D eigenvalue weighted by molar-refractivity contribution is 0.237. The first kappa shape index (κ1) is 14.0. The third-order valence-electron chi connectivity index (χ3n) is 3.45. The quantitative estimate of drug-likeness (QED) is 0.868. The Morgan fingerprint density at radius 2 is 1.61 bits per heavy atom. The highest BCUT2D eigenvalue weighted by atomic mass is 35.5. The zero-order valence-corrected chi connectivity index (χ0v) is 12.0. The van der Waals surface area contributed by atoms with Crippen molar-refractivity contribution in [3.05, 3.63) is 27.7 Å². The van der Waals surface area contributed by atoms with Crippen LogP contribution in [0.3, 0.4) is 0 Å². The number of benzene rings is 1. The summed E-state index contributed by atoms with van der Waals surface area (Å²) in [5.74, 6) is 0.170. The third kappa shape index (κ3) is 3.78. The van der Waals surface area contributed by atoms with Crippen LogP contribution in [0.15, 0.2) is 12.1 Å². The van der Waals surface area contributed by atoms with Gasteiger partial charge in [-0.05, 0) is 38.1 Å². The van der Waals surface area contributed by atoms with E-state index in [4.69, 9.17) is 23.2 Å². The lowest BCUT2D eigenvalue weighted by Crippen LogP contribution is -2.26.